The first kappa shape index (κ1) is 24.5. The van der Waals surface area contributed by atoms with Gasteiger partial charge in [-0.3, -0.25) is 9.69 Å². The fraction of sp³-hybridized carbons (Fsp3) is 0.423. The van der Waals surface area contributed by atoms with Gasteiger partial charge in [0.15, 0.2) is 11.5 Å². The number of hydrogen-bond donors (Lipinski definition) is 1. The molecule has 1 saturated carbocycles. The molecule has 2 aliphatic rings. The van der Waals surface area contributed by atoms with Gasteiger partial charge in [-0.15, -0.1) is 0 Å². The number of nitrogens with one attached hydrogen (secondary N) is 1. The van der Waals surface area contributed by atoms with Crippen LogP contribution < -0.4 is 14.8 Å². The van der Waals surface area contributed by atoms with Crippen molar-refractivity contribution in [2.75, 3.05) is 38.2 Å². The van der Waals surface area contributed by atoms with Crippen LogP contribution >= 0.6 is 11.6 Å². The van der Waals surface area contributed by atoms with Crippen molar-refractivity contribution < 1.29 is 23.4 Å². The van der Waals surface area contributed by atoms with E-state index in [4.69, 9.17) is 25.8 Å². The smallest absolute Gasteiger partial charge is 0.320 e. The van der Waals surface area contributed by atoms with Gasteiger partial charge in [0, 0.05) is 30.2 Å². The minimum Gasteiger partial charge on any atom is -0.489 e. The van der Waals surface area contributed by atoms with Gasteiger partial charge in [-0.1, -0.05) is 11.6 Å². The number of carbonyl (C=O) groups excluding carboxylic acids is 1. The lowest BCUT2D eigenvalue weighted by molar-refractivity contribution is -0.169. The summed E-state index contributed by atoms with van der Waals surface area (Å²) in [4.78, 5) is 22.7. The second-order valence-electron chi connectivity index (χ2n) is 9.84. The van der Waals surface area contributed by atoms with Crippen LogP contribution in [0.3, 0.4) is 0 Å². The molecule has 0 atom stereocenters. The minimum absolute atomic E-state index is 0.0212. The molecular weight excluding hydrogens is 487 g/mol. The third-order valence-corrected chi connectivity index (χ3v) is 6.36. The molecule has 190 valence electrons. The molecule has 0 amide bonds. The van der Waals surface area contributed by atoms with Crippen LogP contribution in [0.25, 0.3) is 10.9 Å². The lowest BCUT2D eigenvalue weighted by Crippen LogP contribution is -2.51. The number of anilines is 2. The summed E-state index contributed by atoms with van der Waals surface area (Å²) in [5.41, 5.74) is 0.744. The number of fused-ring (bicyclic) bond motifs is 1. The molecule has 36 heavy (non-hydrogen) atoms. The third kappa shape index (κ3) is 5.96. The molecule has 1 N–H and O–H groups in total. The average molecular weight is 515 g/mol. The van der Waals surface area contributed by atoms with Crippen molar-refractivity contribution in [3.8, 4) is 11.5 Å². The predicted octanol–water partition coefficient (Wildman–Crippen LogP) is 4.97. The van der Waals surface area contributed by atoms with Gasteiger partial charge in [0.25, 0.3) is 0 Å². The Bertz CT molecular complexity index is 1280. The summed E-state index contributed by atoms with van der Waals surface area (Å²) >= 11 is 5.94. The molecule has 0 unspecified atom stereocenters. The number of nitrogens with zero attached hydrogens (tertiary/aromatic N) is 3. The molecule has 1 saturated heterocycles. The highest BCUT2D eigenvalue weighted by molar-refractivity contribution is 6.31. The lowest BCUT2D eigenvalue weighted by Gasteiger charge is -2.37. The quantitative estimate of drug-likeness (QED) is 0.400. The highest BCUT2D eigenvalue weighted by atomic mass is 35.5. The zero-order chi connectivity index (χ0) is 25.3. The third-order valence-electron chi connectivity index (χ3n) is 6.07. The molecule has 0 spiro atoms. The summed E-state index contributed by atoms with van der Waals surface area (Å²) in [6, 6.07) is 8.09. The summed E-state index contributed by atoms with van der Waals surface area (Å²) in [6.45, 7) is 6.23. The van der Waals surface area contributed by atoms with Gasteiger partial charge in [-0.2, -0.15) is 0 Å². The van der Waals surface area contributed by atoms with Crippen LogP contribution in [0.5, 0.6) is 11.5 Å². The summed E-state index contributed by atoms with van der Waals surface area (Å²) in [7, 11) is 0. The Morgan fingerprint density at radius 3 is 2.75 bits per heavy atom. The van der Waals surface area contributed by atoms with Crippen molar-refractivity contribution in [3.05, 3.63) is 47.5 Å². The van der Waals surface area contributed by atoms with E-state index >= 15 is 0 Å². The number of cyclic esters (lactones) is 1. The molecule has 2 fully saturated rings. The Hall–Kier alpha value is -3.17. The predicted molar refractivity (Wildman–Crippen MR) is 135 cm³/mol. The first-order valence-electron chi connectivity index (χ1n) is 12.0. The van der Waals surface area contributed by atoms with Crippen molar-refractivity contribution >= 4 is 40.0 Å². The van der Waals surface area contributed by atoms with Crippen molar-refractivity contribution in [3.63, 3.8) is 0 Å². The monoisotopic (exact) mass is 514 g/mol. The molecule has 0 radical (unpaired) electrons. The van der Waals surface area contributed by atoms with E-state index in [9.17, 15) is 9.18 Å². The number of benzene rings is 2. The first-order chi connectivity index (χ1) is 17.3. The van der Waals surface area contributed by atoms with Gasteiger partial charge in [-0.25, -0.2) is 14.4 Å². The highest BCUT2D eigenvalue weighted by Gasteiger charge is 2.32. The van der Waals surface area contributed by atoms with Gasteiger partial charge in [0.2, 0.25) is 0 Å². The molecule has 8 nitrogen and oxygen atoms in total. The van der Waals surface area contributed by atoms with Gasteiger partial charge < -0.3 is 19.5 Å². The lowest BCUT2D eigenvalue weighted by atomic mass is 10.1. The van der Waals surface area contributed by atoms with E-state index in [0.717, 1.165) is 18.2 Å². The fourth-order valence-electron chi connectivity index (χ4n) is 4.18. The molecule has 1 aliphatic carbocycles. The summed E-state index contributed by atoms with van der Waals surface area (Å²) in [5.74, 6) is 1.56. The number of ether oxygens (including phenoxy) is 3. The Morgan fingerprint density at radius 2 is 2.00 bits per heavy atom. The van der Waals surface area contributed by atoms with E-state index in [1.54, 1.807) is 6.07 Å². The van der Waals surface area contributed by atoms with Crippen LogP contribution in [0.4, 0.5) is 15.9 Å². The van der Waals surface area contributed by atoms with Crippen molar-refractivity contribution in [1.82, 2.24) is 14.9 Å². The molecule has 2 heterocycles. The highest BCUT2D eigenvalue weighted by Crippen LogP contribution is 2.37. The molecule has 2 aromatic carbocycles. The van der Waals surface area contributed by atoms with Gasteiger partial charge >= 0.3 is 5.97 Å². The Labute approximate surface area is 213 Å². The molecular formula is C26H28ClFN4O4. The van der Waals surface area contributed by atoms with Gasteiger partial charge in [0.1, 0.15) is 30.2 Å². The minimum atomic E-state index is -0.522. The summed E-state index contributed by atoms with van der Waals surface area (Å²) < 4.78 is 31.2. The van der Waals surface area contributed by atoms with Crippen LogP contribution in [0.15, 0.2) is 36.7 Å². The van der Waals surface area contributed by atoms with Crippen LogP contribution in [-0.4, -0.2) is 59.3 Å². The van der Waals surface area contributed by atoms with E-state index in [1.165, 1.54) is 18.5 Å². The zero-order valence-electron chi connectivity index (χ0n) is 20.2. The van der Waals surface area contributed by atoms with Crippen molar-refractivity contribution in [2.45, 2.75) is 32.3 Å². The number of halogens is 2. The Morgan fingerprint density at radius 1 is 1.19 bits per heavy atom. The number of morpholine rings is 1. The standard InChI is InChI=1S/C26H28ClFN4O4/c1-26(2)14-32(12-24(33)36-26)7-8-34-23-11-21-18(10-22(23)35-13-16-3-4-16)25(30-15-29-21)31-17-5-6-20(28)19(27)9-17/h5-6,9-11,15-16H,3-4,7-8,12-14H2,1-2H3,(H,29,30,31). The normalized spacial score (nSPS) is 17.6. The average Bonchev–Trinajstić information content (AvgIpc) is 3.64. The van der Waals surface area contributed by atoms with E-state index < -0.39 is 11.4 Å². The molecule has 1 aromatic heterocycles. The van der Waals surface area contributed by atoms with E-state index in [-0.39, 0.29) is 17.5 Å². The number of esters is 1. The zero-order valence-corrected chi connectivity index (χ0v) is 21.0. The molecule has 5 rings (SSSR count). The topological polar surface area (TPSA) is 85.8 Å². The summed E-state index contributed by atoms with van der Waals surface area (Å²) in [5, 5.41) is 3.94. The molecule has 1 aliphatic heterocycles. The van der Waals surface area contributed by atoms with E-state index in [1.807, 2.05) is 30.9 Å². The second kappa shape index (κ2) is 10.1. The van der Waals surface area contributed by atoms with Crippen LogP contribution in [0.2, 0.25) is 5.02 Å². The number of aromatic nitrogens is 2. The summed E-state index contributed by atoms with van der Waals surface area (Å²) in [6.07, 6.45) is 3.77. The second-order valence-corrected chi connectivity index (χ2v) is 10.2. The van der Waals surface area contributed by atoms with Gasteiger partial charge in [-0.05, 0) is 56.9 Å². The molecule has 3 aromatic rings. The van der Waals surface area contributed by atoms with Crippen LogP contribution in [0.1, 0.15) is 26.7 Å². The van der Waals surface area contributed by atoms with Crippen LogP contribution in [0, 0.1) is 11.7 Å². The van der Waals surface area contributed by atoms with E-state index in [0.29, 0.717) is 60.7 Å². The maximum Gasteiger partial charge on any atom is 0.320 e. The number of carbonyl (C=O) groups is 1. The van der Waals surface area contributed by atoms with Gasteiger partial charge in [0.05, 0.1) is 23.7 Å². The van der Waals surface area contributed by atoms with Crippen molar-refractivity contribution in [2.24, 2.45) is 5.92 Å². The van der Waals surface area contributed by atoms with Crippen LogP contribution in [-0.2, 0) is 9.53 Å². The largest absolute Gasteiger partial charge is 0.489 e. The Kier molecular flexibility index (Phi) is 6.85. The first-order valence-corrected chi connectivity index (χ1v) is 12.3. The SMILES string of the molecule is CC1(C)CN(CCOc2cc3ncnc(Nc4ccc(F)c(Cl)c4)c3cc2OCC2CC2)CC(=O)O1. The number of hydrogen-bond acceptors (Lipinski definition) is 8. The maximum atomic E-state index is 13.6. The fourth-order valence-corrected chi connectivity index (χ4v) is 4.37. The maximum absolute atomic E-state index is 13.6. The Balaban J connectivity index is 1.36. The van der Waals surface area contributed by atoms with E-state index in [2.05, 4.69) is 15.3 Å². The molecule has 0 bridgehead atoms. The number of rotatable bonds is 9. The van der Waals surface area contributed by atoms with Crippen molar-refractivity contribution in [1.29, 1.82) is 0 Å². The molecule has 10 heteroatoms.